The maximum absolute atomic E-state index is 12.4. The topological polar surface area (TPSA) is 81.9 Å². The fourth-order valence-electron chi connectivity index (χ4n) is 2.38. The van der Waals surface area contributed by atoms with Gasteiger partial charge in [0.2, 0.25) is 0 Å². The fraction of sp³-hybridized carbons (Fsp3) is 0.316. The summed E-state index contributed by atoms with van der Waals surface area (Å²) in [6.45, 7) is 4.18. The minimum absolute atomic E-state index is 0.000775. The van der Waals surface area contributed by atoms with Gasteiger partial charge in [-0.15, -0.1) is 0 Å². The van der Waals surface area contributed by atoms with Gasteiger partial charge in [-0.1, -0.05) is 12.1 Å². The van der Waals surface area contributed by atoms with E-state index in [9.17, 15) is 14.9 Å². The molecule has 2 aromatic rings. The van der Waals surface area contributed by atoms with Gasteiger partial charge in [-0.25, -0.2) is 0 Å². The molecule has 7 heteroatoms. The van der Waals surface area contributed by atoms with Crippen LogP contribution in [0.25, 0.3) is 0 Å². The molecule has 7 nitrogen and oxygen atoms in total. The third-order valence-electron chi connectivity index (χ3n) is 4.03. The zero-order valence-corrected chi connectivity index (χ0v) is 15.0. The Morgan fingerprint density at radius 1 is 1.15 bits per heavy atom. The maximum atomic E-state index is 12.4. The average Bonchev–Trinajstić information content (AvgIpc) is 2.66. The first-order chi connectivity index (χ1) is 12.4. The summed E-state index contributed by atoms with van der Waals surface area (Å²) in [6, 6.07) is 13.0. The van der Waals surface area contributed by atoms with Gasteiger partial charge in [0.25, 0.3) is 11.6 Å². The number of likely N-dealkylation sites (N-methyl/N-ethyl adjacent to an activating group) is 1. The fourth-order valence-corrected chi connectivity index (χ4v) is 2.38. The number of ether oxygens (including phenoxy) is 2. The van der Waals surface area contributed by atoms with E-state index in [1.165, 1.54) is 17.0 Å². The van der Waals surface area contributed by atoms with Gasteiger partial charge < -0.3 is 14.4 Å². The number of nitro groups is 1. The lowest BCUT2D eigenvalue weighted by Gasteiger charge is -2.25. The van der Waals surface area contributed by atoms with Crippen molar-refractivity contribution < 1.29 is 19.2 Å². The Morgan fingerprint density at radius 2 is 1.77 bits per heavy atom. The first kappa shape index (κ1) is 19.2. The Morgan fingerprint density at radius 3 is 2.35 bits per heavy atom. The van der Waals surface area contributed by atoms with E-state index in [0.29, 0.717) is 17.9 Å². The Bertz CT molecular complexity index is 761. The highest BCUT2D eigenvalue weighted by atomic mass is 16.6. The molecule has 0 aromatic heterocycles. The summed E-state index contributed by atoms with van der Waals surface area (Å²) in [5.74, 6) is 1.08. The van der Waals surface area contributed by atoms with Gasteiger partial charge in [0, 0.05) is 19.2 Å². The van der Waals surface area contributed by atoms with Crippen LogP contribution in [-0.4, -0.2) is 36.0 Å². The lowest BCUT2D eigenvalue weighted by Crippen LogP contribution is -2.33. The largest absolute Gasteiger partial charge is 0.494 e. The molecule has 1 amide bonds. The van der Waals surface area contributed by atoms with Crippen molar-refractivity contribution >= 4 is 11.6 Å². The summed E-state index contributed by atoms with van der Waals surface area (Å²) in [7, 11) is 1.65. The molecule has 138 valence electrons. The van der Waals surface area contributed by atoms with E-state index >= 15 is 0 Å². The molecule has 0 radical (unpaired) electrons. The maximum Gasteiger partial charge on any atom is 0.269 e. The molecule has 0 bridgehead atoms. The van der Waals surface area contributed by atoms with E-state index in [1.54, 1.807) is 43.4 Å². The van der Waals surface area contributed by atoms with E-state index in [-0.39, 0.29) is 24.2 Å². The minimum Gasteiger partial charge on any atom is -0.494 e. The third kappa shape index (κ3) is 4.95. The predicted octanol–water partition coefficient (Wildman–Crippen LogP) is 3.59. The van der Waals surface area contributed by atoms with Gasteiger partial charge in [-0.2, -0.15) is 0 Å². The number of carbonyl (C=O) groups is 1. The summed E-state index contributed by atoms with van der Waals surface area (Å²) in [5.41, 5.74) is 0.692. The molecule has 0 N–H and O–H groups in total. The number of rotatable bonds is 8. The Labute approximate surface area is 152 Å². The van der Waals surface area contributed by atoms with Crippen LogP contribution in [0.1, 0.15) is 25.5 Å². The molecule has 1 atom stereocenters. The van der Waals surface area contributed by atoms with Crippen LogP contribution in [0.3, 0.4) is 0 Å². The normalized spacial score (nSPS) is 11.5. The van der Waals surface area contributed by atoms with Crippen LogP contribution in [0.5, 0.6) is 11.5 Å². The molecule has 0 heterocycles. The Hall–Kier alpha value is -3.09. The highest BCUT2D eigenvalue weighted by molar-refractivity contribution is 5.78. The van der Waals surface area contributed by atoms with E-state index in [2.05, 4.69) is 0 Å². The zero-order chi connectivity index (χ0) is 19.1. The Balaban J connectivity index is 1.95. The second-order valence-corrected chi connectivity index (χ2v) is 5.73. The molecule has 0 spiro atoms. The predicted molar refractivity (Wildman–Crippen MR) is 97.4 cm³/mol. The van der Waals surface area contributed by atoms with Gasteiger partial charge in [0.1, 0.15) is 11.5 Å². The van der Waals surface area contributed by atoms with Crippen molar-refractivity contribution in [2.45, 2.75) is 19.9 Å². The molecule has 0 aliphatic heterocycles. The van der Waals surface area contributed by atoms with Gasteiger partial charge in [-0.05, 0) is 43.7 Å². The number of hydrogen-bond donors (Lipinski definition) is 0. The smallest absolute Gasteiger partial charge is 0.269 e. The third-order valence-corrected chi connectivity index (χ3v) is 4.03. The van der Waals surface area contributed by atoms with E-state index in [4.69, 9.17) is 9.47 Å². The molecular formula is C19H22N2O5. The number of non-ortho nitro benzene ring substituents is 1. The van der Waals surface area contributed by atoms with Crippen LogP contribution in [-0.2, 0) is 4.79 Å². The van der Waals surface area contributed by atoms with E-state index in [1.807, 2.05) is 13.8 Å². The summed E-state index contributed by atoms with van der Waals surface area (Å²) in [6.07, 6.45) is 0. The number of nitro benzene ring substituents is 1. The van der Waals surface area contributed by atoms with Gasteiger partial charge in [0.15, 0.2) is 6.61 Å². The standard InChI is InChI=1S/C19H22N2O5/c1-4-25-17-8-10-18(11-9-17)26-13-19(22)20(3)14(2)15-6-5-7-16(12-15)21(23)24/h5-12,14H,4,13H2,1-3H3/t14-/m0/s1. The quantitative estimate of drug-likeness (QED) is 0.532. The van der Waals surface area contributed by atoms with Crippen LogP contribution >= 0.6 is 0 Å². The molecule has 2 aromatic carbocycles. The molecule has 0 saturated heterocycles. The summed E-state index contributed by atoms with van der Waals surface area (Å²) in [4.78, 5) is 24.3. The van der Waals surface area contributed by atoms with E-state index < -0.39 is 4.92 Å². The first-order valence-electron chi connectivity index (χ1n) is 8.28. The first-order valence-corrected chi connectivity index (χ1v) is 8.28. The summed E-state index contributed by atoms with van der Waals surface area (Å²) in [5, 5.41) is 10.9. The number of nitrogens with zero attached hydrogens (tertiary/aromatic N) is 2. The second-order valence-electron chi connectivity index (χ2n) is 5.73. The van der Waals surface area contributed by atoms with Gasteiger partial charge in [0.05, 0.1) is 17.6 Å². The molecule has 26 heavy (non-hydrogen) atoms. The Kier molecular flexibility index (Phi) is 6.54. The molecular weight excluding hydrogens is 336 g/mol. The minimum atomic E-state index is -0.451. The number of carbonyl (C=O) groups excluding carboxylic acids is 1. The summed E-state index contributed by atoms with van der Waals surface area (Å²) < 4.78 is 10.9. The van der Waals surface area contributed by atoms with Crippen LogP contribution in [0, 0.1) is 10.1 Å². The van der Waals surface area contributed by atoms with Crippen molar-refractivity contribution in [1.29, 1.82) is 0 Å². The molecule has 2 rings (SSSR count). The lowest BCUT2D eigenvalue weighted by molar-refractivity contribution is -0.384. The molecule has 0 aliphatic carbocycles. The van der Waals surface area contributed by atoms with Crippen molar-refractivity contribution in [3.8, 4) is 11.5 Å². The van der Waals surface area contributed by atoms with Gasteiger partial charge in [-0.3, -0.25) is 14.9 Å². The molecule has 0 fully saturated rings. The van der Waals surface area contributed by atoms with Crippen molar-refractivity contribution in [3.63, 3.8) is 0 Å². The number of hydrogen-bond acceptors (Lipinski definition) is 5. The lowest BCUT2D eigenvalue weighted by atomic mass is 10.1. The van der Waals surface area contributed by atoms with E-state index in [0.717, 1.165) is 5.75 Å². The summed E-state index contributed by atoms with van der Waals surface area (Å²) >= 11 is 0. The average molecular weight is 358 g/mol. The van der Waals surface area contributed by atoms with Crippen LogP contribution in [0.4, 0.5) is 5.69 Å². The van der Waals surface area contributed by atoms with Crippen molar-refractivity contribution in [1.82, 2.24) is 4.90 Å². The molecule has 0 unspecified atom stereocenters. The number of amides is 1. The van der Waals surface area contributed by atoms with Crippen LogP contribution in [0.15, 0.2) is 48.5 Å². The number of benzene rings is 2. The van der Waals surface area contributed by atoms with Crippen molar-refractivity contribution in [2.24, 2.45) is 0 Å². The molecule has 0 saturated carbocycles. The van der Waals surface area contributed by atoms with Crippen molar-refractivity contribution in [3.05, 3.63) is 64.2 Å². The highest BCUT2D eigenvalue weighted by Crippen LogP contribution is 2.23. The highest BCUT2D eigenvalue weighted by Gasteiger charge is 2.19. The monoisotopic (exact) mass is 358 g/mol. The van der Waals surface area contributed by atoms with Crippen LogP contribution in [0.2, 0.25) is 0 Å². The van der Waals surface area contributed by atoms with Crippen LogP contribution < -0.4 is 9.47 Å². The van der Waals surface area contributed by atoms with Crippen molar-refractivity contribution in [2.75, 3.05) is 20.3 Å². The zero-order valence-electron chi connectivity index (χ0n) is 15.0. The molecule has 0 aliphatic rings. The second kappa shape index (κ2) is 8.84. The SMILES string of the molecule is CCOc1ccc(OCC(=O)N(C)[C@@H](C)c2cccc([N+](=O)[O-])c2)cc1. The van der Waals surface area contributed by atoms with Gasteiger partial charge >= 0.3 is 0 Å².